The van der Waals surface area contributed by atoms with E-state index in [1.165, 1.54) is 74.6 Å². The van der Waals surface area contributed by atoms with Gasteiger partial charge in [0, 0.05) is 11.6 Å². The van der Waals surface area contributed by atoms with Gasteiger partial charge in [-0.1, -0.05) is 61.0 Å². The number of Topliss-reactive ketones (excluding diaryl/α,β-unsaturated/α-hetero) is 1. The zero-order chi connectivity index (χ0) is 29.6. The average Bonchev–Trinajstić information content (AvgIpc) is 3.27. The molecule has 43 heavy (non-hydrogen) atoms. The van der Waals surface area contributed by atoms with E-state index < -0.39 is 0 Å². The van der Waals surface area contributed by atoms with Crippen molar-refractivity contribution >= 4 is 16.6 Å². The normalized spacial score (nSPS) is 24.7. The predicted octanol–water partition coefficient (Wildman–Crippen LogP) is 7.23. The largest absolute Gasteiger partial charge is 0.491 e. The highest BCUT2D eigenvalue weighted by molar-refractivity contribution is 6.00. The fourth-order valence-corrected chi connectivity index (χ4v) is 8.11. The Balaban J connectivity index is 1.25. The minimum absolute atomic E-state index is 0.0690. The van der Waals surface area contributed by atoms with Crippen LogP contribution in [0.2, 0.25) is 0 Å². The molecular formula is C38H51N3O2. The van der Waals surface area contributed by atoms with Crippen LogP contribution in [0.5, 0.6) is 5.75 Å². The zero-order valence-electron chi connectivity index (χ0n) is 26.4. The van der Waals surface area contributed by atoms with Crippen LogP contribution < -0.4 is 10.1 Å². The summed E-state index contributed by atoms with van der Waals surface area (Å²) >= 11 is 0. The number of nitrogens with zero attached hydrogens (tertiary/aromatic N) is 2. The topological polar surface area (TPSA) is 44.8 Å². The van der Waals surface area contributed by atoms with Crippen molar-refractivity contribution in [2.45, 2.75) is 95.2 Å². The second kappa shape index (κ2) is 13.9. The van der Waals surface area contributed by atoms with Gasteiger partial charge in [-0.25, -0.2) is 0 Å². The maximum absolute atomic E-state index is 14.1. The number of likely N-dealkylation sites (tertiary alicyclic amines) is 2. The maximum atomic E-state index is 14.1. The van der Waals surface area contributed by atoms with Gasteiger partial charge in [-0.05, 0) is 138 Å². The first-order chi connectivity index (χ1) is 21.0. The van der Waals surface area contributed by atoms with Gasteiger partial charge in [-0.3, -0.25) is 4.79 Å². The Morgan fingerprint density at radius 2 is 1.70 bits per heavy atom. The van der Waals surface area contributed by atoms with E-state index in [1.54, 1.807) is 0 Å². The maximum Gasteiger partial charge on any atom is 0.179 e. The van der Waals surface area contributed by atoms with Gasteiger partial charge in [0.1, 0.15) is 5.75 Å². The molecule has 5 nitrogen and oxygen atoms in total. The summed E-state index contributed by atoms with van der Waals surface area (Å²) < 4.78 is 5.95. The molecule has 3 heterocycles. The molecule has 0 spiro atoms. The number of benzene rings is 3. The molecule has 0 aromatic heterocycles. The third-order valence-corrected chi connectivity index (χ3v) is 10.4. The highest BCUT2D eigenvalue weighted by Crippen LogP contribution is 2.43. The summed E-state index contributed by atoms with van der Waals surface area (Å²) in [6.45, 7) is 11.0. The number of hydrogen-bond donors (Lipinski definition) is 1. The van der Waals surface area contributed by atoms with E-state index in [2.05, 4.69) is 57.6 Å². The highest BCUT2D eigenvalue weighted by Gasteiger charge is 2.40. The summed E-state index contributed by atoms with van der Waals surface area (Å²) in [5.41, 5.74) is 2.09. The van der Waals surface area contributed by atoms with Crippen molar-refractivity contribution in [3.05, 3.63) is 77.9 Å². The zero-order valence-corrected chi connectivity index (χ0v) is 26.4. The van der Waals surface area contributed by atoms with E-state index in [-0.39, 0.29) is 23.3 Å². The van der Waals surface area contributed by atoms with Crippen LogP contribution in [-0.4, -0.2) is 73.0 Å². The molecule has 2 atom stereocenters. The van der Waals surface area contributed by atoms with Gasteiger partial charge >= 0.3 is 0 Å². The van der Waals surface area contributed by atoms with Crippen LogP contribution in [0.4, 0.5) is 0 Å². The average molecular weight is 582 g/mol. The lowest BCUT2D eigenvalue weighted by Gasteiger charge is -2.42. The SMILES string of the molecule is CC(C)Oc1cccc(C(=O)C2CC(CCN3CCC(N4CCCCC4)CC3)(c3cccc4ccccc34)CCCN2)c1. The molecule has 0 saturated carbocycles. The molecule has 0 aliphatic carbocycles. The Morgan fingerprint density at radius 1 is 0.930 bits per heavy atom. The Morgan fingerprint density at radius 3 is 2.51 bits per heavy atom. The Labute approximate surface area is 259 Å². The second-order valence-corrected chi connectivity index (χ2v) is 13.6. The molecule has 3 saturated heterocycles. The van der Waals surface area contributed by atoms with Crippen molar-refractivity contribution in [2.75, 3.05) is 39.3 Å². The van der Waals surface area contributed by atoms with Crippen molar-refractivity contribution in [3.63, 3.8) is 0 Å². The van der Waals surface area contributed by atoms with Crippen LogP contribution in [0, 0.1) is 0 Å². The number of nitrogens with one attached hydrogen (secondary N) is 1. The number of piperidine rings is 2. The van der Waals surface area contributed by atoms with Gasteiger partial charge in [-0.2, -0.15) is 0 Å². The molecule has 3 aromatic rings. The quantitative estimate of drug-likeness (QED) is 0.270. The summed E-state index contributed by atoms with van der Waals surface area (Å²) in [5, 5.41) is 6.32. The van der Waals surface area contributed by atoms with Crippen molar-refractivity contribution in [2.24, 2.45) is 0 Å². The molecule has 6 rings (SSSR count). The molecule has 1 N–H and O–H groups in total. The molecule has 5 heteroatoms. The molecule has 3 aliphatic heterocycles. The molecule has 2 unspecified atom stereocenters. The molecule has 0 amide bonds. The molecular weight excluding hydrogens is 530 g/mol. The number of hydrogen-bond acceptors (Lipinski definition) is 5. The van der Waals surface area contributed by atoms with Crippen LogP contribution >= 0.6 is 0 Å². The lowest BCUT2D eigenvalue weighted by atomic mass is 9.68. The number of ketones is 1. The van der Waals surface area contributed by atoms with Crippen molar-refractivity contribution in [1.29, 1.82) is 0 Å². The third kappa shape index (κ3) is 7.16. The fourth-order valence-electron chi connectivity index (χ4n) is 8.11. The lowest BCUT2D eigenvalue weighted by Crippen LogP contribution is -2.48. The van der Waals surface area contributed by atoms with E-state index in [1.807, 2.05) is 38.1 Å². The molecule has 3 aliphatic rings. The number of fused-ring (bicyclic) bond motifs is 1. The summed E-state index contributed by atoms with van der Waals surface area (Å²) in [7, 11) is 0. The Hall–Kier alpha value is -2.73. The van der Waals surface area contributed by atoms with Crippen LogP contribution in [0.1, 0.15) is 87.6 Å². The van der Waals surface area contributed by atoms with Crippen LogP contribution in [0.3, 0.4) is 0 Å². The first kappa shape index (κ1) is 30.3. The minimum Gasteiger partial charge on any atom is -0.491 e. The second-order valence-electron chi connectivity index (χ2n) is 13.6. The Kier molecular flexibility index (Phi) is 9.81. The molecule has 3 fully saturated rings. The van der Waals surface area contributed by atoms with Gasteiger partial charge in [0.05, 0.1) is 12.1 Å². The molecule has 3 aromatic carbocycles. The van der Waals surface area contributed by atoms with Gasteiger partial charge in [0.2, 0.25) is 0 Å². The molecule has 0 bridgehead atoms. The van der Waals surface area contributed by atoms with Crippen molar-refractivity contribution in [1.82, 2.24) is 15.1 Å². The van der Waals surface area contributed by atoms with Gasteiger partial charge in [-0.15, -0.1) is 0 Å². The monoisotopic (exact) mass is 581 g/mol. The predicted molar refractivity (Wildman–Crippen MR) is 177 cm³/mol. The van der Waals surface area contributed by atoms with E-state index in [9.17, 15) is 4.79 Å². The summed E-state index contributed by atoms with van der Waals surface area (Å²) in [4.78, 5) is 19.6. The summed E-state index contributed by atoms with van der Waals surface area (Å²) in [6.07, 6.45) is 10.9. The number of carbonyl (C=O) groups excluding carboxylic acids is 1. The first-order valence-corrected chi connectivity index (χ1v) is 17.0. The lowest BCUT2D eigenvalue weighted by molar-refractivity contribution is 0.0855. The highest BCUT2D eigenvalue weighted by atomic mass is 16.5. The van der Waals surface area contributed by atoms with Crippen molar-refractivity contribution in [3.8, 4) is 5.75 Å². The van der Waals surface area contributed by atoms with Crippen LogP contribution in [-0.2, 0) is 5.41 Å². The summed E-state index contributed by atoms with van der Waals surface area (Å²) in [6, 6.07) is 24.0. The van der Waals surface area contributed by atoms with Crippen LogP contribution in [0.25, 0.3) is 10.8 Å². The number of rotatable bonds is 9. The van der Waals surface area contributed by atoms with E-state index >= 15 is 0 Å². The first-order valence-electron chi connectivity index (χ1n) is 17.0. The van der Waals surface area contributed by atoms with E-state index in [0.717, 1.165) is 56.1 Å². The van der Waals surface area contributed by atoms with E-state index in [0.29, 0.717) is 0 Å². The molecule has 230 valence electrons. The van der Waals surface area contributed by atoms with Gasteiger partial charge in [0.15, 0.2) is 5.78 Å². The van der Waals surface area contributed by atoms with Crippen LogP contribution in [0.15, 0.2) is 66.7 Å². The fraction of sp³-hybridized carbons (Fsp3) is 0.553. The number of carbonyl (C=O) groups is 1. The van der Waals surface area contributed by atoms with Gasteiger partial charge in [0.25, 0.3) is 0 Å². The molecule has 0 radical (unpaired) electrons. The Bertz CT molecular complexity index is 1350. The van der Waals surface area contributed by atoms with Gasteiger partial charge < -0.3 is 19.9 Å². The minimum atomic E-state index is -0.222. The van der Waals surface area contributed by atoms with E-state index in [4.69, 9.17) is 4.74 Å². The summed E-state index contributed by atoms with van der Waals surface area (Å²) in [5.74, 6) is 0.950. The van der Waals surface area contributed by atoms with Crippen molar-refractivity contribution < 1.29 is 9.53 Å². The standard InChI is InChI=1S/C38H51N3O2/c1-29(2)43-33-14-8-13-31(27-33)37(42)36-28-38(19-10-21-39-36,35-16-9-12-30-11-4-5-15-34(30)35)20-26-40-24-17-32(18-25-40)41-22-6-3-7-23-41/h4-5,8-9,11-16,27,29,32,36,39H,3,6-7,10,17-26,28H2,1-2H3. The smallest absolute Gasteiger partial charge is 0.179 e. The number of ether oxygens (including phenoxy) is 1. The third-order valence-electron chi connectivity index (χ3n) is 10.4.